The van der Waals surface area contributed by atoms with Gasteiger partial charge in [-0.2, -0.15) is 0 Å². The highest BCUT2D eigenvalue weighted by Crippen LogP contribution is 2.26. The average Bonchev–Trinajstić information content (AvgIpc) is 2.41. The van der Waals surface area contributed by atoms with Crippen molar-refractivity contribution in [3.8, 4) is 0 Å². The van der Waals surface area contributed by atoms with Crippen molar-refractivity contribution in [1.82, 2.24) is 4.90 Å². The van der Waals surface area contributed by atoms with Gasteiger partial charge in [-0.05, 0) is 6.92 Å². The third kappa shape index (κ3) is 2.94. The molecule has 0 aliphatic carbocycles. The molecule has 106 valence electrons. The molecule has 0 saturated carbocycles. The van der Waals surface area contributed by atoms with E-state index in [1.54, 1.807) is 6.92 Å². The first-order valence-electron chi connectivity index (χ1n) is 5.30. The second-order valence-electron chi connectivity index (χ2n) is 3.71. The Morgan fingerprint density at radius 3 is 1.84 bits per heavy atom. The van der Waals surface area contributed by atoms with Gasteiger partial charge in [-0.25, -0.2) is 22.0 Å². The molecule has 1 amide bonds. The quantitative estimate of drug-likeness (QED) is 0.522. The number of anilines is 1. The average molecular weight is 282 g/mol. The van der Waals surface area contributed by atoms with Crippen molar-refractivity contribution in [2.45, 2.75) is 6.92 Å². The molecule has 0 radical (unpaired) electrons. The number of carbonyl (C=O) groups excluding carboxylic acids is 1. The molecule has 8 heteroatoms. The molecule has 1 rings (SSSR count). The van der Waals surface area contributed by atoms with Gasteiger partial charge in [0.25, 0.3) is 0 Å². The molecule has 0 aliphatic heterocycles. The van der Waals surface area contributed by atoms with Crippen molar-refractivity contribution in [3.63, 3.8) is 0 Å². The molecule has 0 fully saturated rings. The van der Waals surface area contributed by atoms with Gasteiger partial charge in [-0.1, -0.05) is 0 Å². The third-order valence-electron chi connectivity index (χ3n) is 2.53. The lowest BCUT2D eigenvalue weighted by molar-refractivity contribution is -0.127. The van der Waals surface area contributed by atoms with Crippen LogP contribution in [0.2, 0.25) is 0 Å². The Morgan fingerprint density at radius 1 is 1.00 bits per heavy atom. The Hall–Kier alpha value is -1.86. The lowest BCUT2D eigenvalue weighted by atomic mass is 10.2. The molecule has 3 nitrogen and oxygen atoms in total. The summed E-state index contributed by atoms with van der Waals surface area (Å²) < 4.78 is 64.9. The summed E-state index contributed by atoms with van der Waals surface area (Å²) in [6, 6.07) is 0. The molecule has 19 heavy (non-hydrogen) atoms. The number of amides is 1. The molecule has 1 aromatic rings. The first-order chi connectivity index (χ1) is 8.81. The normalized spacial score (nSPS) is 10.5. The predicted molar refractivity (Wildman–Crippen MR) is 58.0 cm³/mol. The second kappa shape index (κ2) is 5.85. The van der Waals surface area contributed by atoms with Crippen molar-refractivity contribution in [2.75, 3.05) is 25.5 Å². The molecule has 0 aromatic heterocycles. The van der Waals surface area contributed by atoms with Crippen LogP contribution >= 0.6 is 0 Å². The number of hydrogen-bond donors (Lipinski definition) is 1. The lowest BCUT2D eigenvalue weighted by Crippen LogP contribution is -2.32. The fraction of sp³-hybridized carbons (Fsp3) is 0.364. The van der Waals surface area contributed by atoms with Gasteiger partial charge >= 0.3 is 0 Å². The van der Waals surface area contributed by atoms with Crippen LogP contribution < -0.4 is 5.32 Å². The molecule has 0 unspecified atom stereocenters. The zero-order chi connectivity index (χ0) is 14.7. The molecule has 0 atom stereocenters. The molecule has 0 saturated heterocycles. The number of nitrogens with one attached hydrogen (secondary N) is 1. The van der Waals surface area contributed by atoms with Crippen LogP contribution in [-0.2, 0) is 4.79 Å². The first kappa shape index (κ1) is 15.2. The summed E-state index contributed by atoms with van der Waals surface area (Å²) in [5.74, 6) is -10.9. The number of halogens is 5. The zero-order valence-corrected chi connectivity index (χ0v) is 10.2. The highest BCUT2D eigenvalue weighted by molar-refractivity contribution is 5.80. The van der Waals surface area contributed by atoms with Crippen LogP contribution in [0.1, 0.15) is 6.92 Å². The Kier molecular flexibility index (Phi) is 4.68. The highest BCUT2D eigenvalue weighted by atomic mass is 19.2. The number of hydrogen-bond acceptors (Lipinski definition) is 2. The summed E-state index contributed by atoms with van der Waals surface area (Å²) in [5, 5.41) is 1.92. The van der Waals surface area contributed by atoms with E-state index in [0.29, 0.717) is 6.54 Å². The maximum atomic E-state index is 13.2. The van der Waals surface area contributed by atoms with E-state index >= 15 is 0 Å². The van der Waals surface area contributed by atoms with E-state index < -0.39 is 47.2 Å². The topological polar surface area (TPSA) is 32.3 Å². The Balaban J connectivity index is 3.00. The van der Waals surface area contributed by atoms with E-state index in [1.165, 1.54) is 11.9 Å². The number of likely N-dealkylation sites (N-methyl/N-ethyl adjacent to an activating group) is 1. The maximum absolute atomic E-state index is 13.2. The summed E-state index contributed by atoms with van der Waals surface area (Å²) in [5.41, 5.74) is -1.21. The highest BCUT2D eigenvalue weighted by Gasteiger charge is 2.26. The number of nitrogens with zero attached hydrogens (tertiary/aromatic N) is 1. The van der Waals surface area contributed by atoms with Gasteiger partial charge in [0, 0.05) is 13.6 Å². The van der Waals surface area contributed by atoms with E-state index in [2.05, 4.69) is 0 Å². The zero-order valence-electron chi connectivity index (χ0n) is 10.2. The third-order valence-corrected chi connectivity index (χ3v) is 2.53. The summed E-state index contributed by atoms with van der Waals surface area (Å²) >= 11 is 0. The molecule has 1 aromatic carbocycles. The monoisotopic (exact) mass is 282 g/mol. The maximum Gasteiger partial charge on any atom is 0.241 e. The fourth-order valence-corrected chi connectivity index (χ4v) is 1.24. The molecule has 0 aliphatic rings. The Bertz CT molecular complexity index is 477. The van der Waals surface area contributed by atoms with E-state index in [-0.39, 0.29) is 0 Å². The fourth-order valence-electron chi connectivity index (χ4n) is 1.24. The molecular weight excluding hydrogens is 271 g/mol. The van der Waals surface area contributed by atoms with Crippen LogP contribution in [0.3, 0.4) is 0 Å². The summed E-state index contributed by atoms with van der Waals surface area (Å²) in [6.45, 7) is 1.43. The minimum Gasteiger partial charge on any atom is -0.371 e. The number of benzene rings is 1. The number of rotatable bonds is 4. The van der Waals surface area contributed by atoms with Crippen LogP contribution in [-0.4, -0.2) is 30.9 Å². The van der Waals surface area contributed by atoms with Gasteiger partial charge in [0.15, 0.2) is 23.3 Å². The van der Waals surface area contributed by atoms with E-state index in [1.807, 2.05) is 5.32 Å². The molecular formula is C11H11F5N2O. The molecule has 1 N–H and O–H groups in total. The second-order valence-corrected chi connectivity index (χ2v) is 3.71. The Morgan fingerprint density at radius 2 is 1.42 bits per heavy atom. The van der Waals surface area contributed by atoms with Crippen molar-refractivity contribution >= 4 is 11.6 Å². The van der Waals surface area contributed by atoms with Gasteiger partial charge in [0.1, 0.15) is 5.69 Å². The minimum atomic E-state index is -2.24. The first-order valence-corrected chi connectivity index (χ1v) is 5.30. The largest absolute Gasteiger partial charge is 0.371 e. The van der Waals surface area contributed by atoms with Crippen LogP contribution in [0, 0.1) is 29.1 Å². The smallest absolute Gasteiger partial charge is 0.241 e. The molecule has 0 bridgehead atoms. The van der Waals surface area contributed by atoms with Crippen molar-refractivity contribution in [2.24, 2.45) is 0 Å². The molecule has 0 spiro atoms. The van der Waals surface area contributed by atoms with Crippen LogP contribution in [0.4, 0.5) is 27.6 Å². The summed E-state index contributed by atoms with van der Waals surface area (Å²) in [6.07, 6.45) is 0. The van der Waals surface area contributed by atoms with Crippen LogP contribution in [0.5, 0.6) is 0 Å². The summed E-state index contributed by atoms with van der Waals surface area (Å²) in [4.78, 5) is 12.6. The van der Waals surface area contributed by atoms with Gasteiger partial charge < -0.3 is 10.2 Å². The lowest BCUT2D eigenvalue weighted by Gasteiger charge is -2.16. The van der Waals surface area contributed by atoms with Gasteiger partial charge in [-0.3, -0.25) is 4.79 Å². The van der Waals surface area contributed by atoms with Crippen molar-refractivity contribution in [3.05, 3.63) is 29.1 Å². The van der Waals surface area contributed by atoms with Crippen LogP contribution in [0.15, 0.2) is 0 Å². The van der Waals surface area contributed by atoms with Gasteiger partial charge in [-0.15, -0.1) is 0 Å². The van der Waals surface area contributed by atoms with E-state index in [9.17, 15) is 26.7 Å². The minimum absolute atomic E-state index is 0.345. The predicted octanol–water partition coefficient (Wildman–Crippen LogP) is 2.27. The van der Waals surface area contributed by atoms with Gasteiger partial charge in [0.05, 0.1) is 6.54 Å². The van der Waals surface area contributed by atoms with E-state index in [4.69, 9.17) is 0 Å². The van der Waals surface area contributed by atoms with E-state index in [0.717, 1.165) is 0 Å². The number of carbonyl (C=O) groups is 1. The van der Waals surface area contributed by atoms with Crippen LogP contribution in [0.25, 0.3) is 0 Å². The summed E-state index contributed by atoms with van der Waals surface area (Å²) in [7, 11) is 1.43. The van der Waals surface area contributed by atoms with Crippen molar-refractivity contribution in [1.29, 1.82) is 0 Å². The van der Waals surface area contributed by atoms with Gasteiger partial charge in [0.2, 0.25) is 11.7 Å². The Labute approximate surface area is 106 Å². The standard InChI is InChI=1S/C11H11F5N2O/c1-3-18(2)5(19)4-17-11-9(15)7(13)6(12)8(14)10(11)16/h17H,3-4H2,1-2H3. The van der Waals surface area contributed by atoms with Crippen molar-refractivity contribution < 1.29 is 26.7 Å². The SMILES string of the molecule is CCN(C)C(=O)CNc1c(F)c(F)c(F)c(F)c1F. The molecule has 0 heterocycles.